The molecule has 2 amide bonds. The van der Waals surface area contributed by atoms with Crippen molar-refractivity contribution in [3.8, 4) is 0 Å². The van der Waals surface area contributed by atoms with Crippen molar-refractivity contribution in [1.29, 1.82) is 0 Å². The van der Waals surface area contributed by atoms with E-state index in [1.807, 2.05) is 45.0 Å². The van der Waals surface area contributed by atoms with Gasteiger partial charge >= 0.3 is 0 Å². The van der Waals surface area contributed by atoms with Crippen LogP contribution in [-0.2, 0) is 26.2 Å². The fraction of sp³-hybridized carbons (Fsp3) is 0.440. The van der Waals surface area contributed by atoms with Crippen LogP contribution in [0.4, 0.5) is 5.69 Å². The highest BCUT2D eigenvalue weighted by molar-refractivity contribution is 7.92. The van der Waals surface area contributed by atoms with Crippen LogP contribution in [0.15, 0.2) is 42.5 Å². The van der Waals surface area contributed by atoms with Crippen molar-refractivity contribution in [3.05, 3.63) is 64.2 Å². The zero-order chi connectivity index (χ0) is 25.5. The number of hydrogen-bond acceptors (Lipinski definition) is 4. The molecule has 34 heavy (non-hydrogen) atoms. The summed E-state index contributed by atoms with van der Waals surface area (Å²) in [5.41, 5.74) is 2.94. The second-order valence-electron chi connectivity index (χ2n) is 8.42. The van der Waals surface area contributed by atoms with Crippen LogP contribution in [0.1, 0.15) is 43.4 Å². The summed E-state index contributed by atoms with van der Waals surface area (Å²) in [6, 6.07) is 11.8. The summed E-state index contributed by atoms with van der Waals surface area (Å²) in [7, 11) is -3.79. The van der Waals surface area contributed by atoms with Gasteiger partial charge in [-0.15, -0.1) is 0 Å². The summed E-state index contributed by atoms with van der Waals surface area (Å²) in [5, 5.41) is 3.34. The number of amides is 2. The standard InChI is InChI=1S/C25H34ClN3O4S/c1-6-14-27-25(31)22(7-2)28(16-20-10-8-18(3)9-11-20)24(30)17-29(34(5,32)33)23-13-12-21(26)15-19(23)4/h8-13,15,22H,6-7,14,16-17H2,1-5H3,(H,27,31)/t22-/m0/s1. The Labute approximate surface area is 208 Å². The molecule has 0 aliphatic carbocycles. The highest BCUT2D eigenvalue weighted by Gasteiger charge is 2.32. The van der Waals surface area contributed by atoms with Crippen molar-refractivity contribution >= 4 is 39.1 Å². The molecule has 0 bridgehead atoms. The molecule has 0 saturated carbocycles. The maximum atomic E-state index is 13.6. The van der Waals surface area contributed by atoms with Gasteiger partial charge in [0, 0.05) is 18.1 Å². The first kappa shape index (κ1) is 27.7. The number of anilines is 1. The summed E-state index contributed by atoms with van der Waals surface area (Å²) in [6.45, 7) is 7.76. The van der Waals surface area contributed by atoms with Crippen molar-refractivity contribution in [2.45, 2.75) is 53.1 Å². The Kier molecular flexibility index (Phi) is 9.94. The van der Waals surface area contributed by atoms with Crippen LogP contribution in [-0.4, -0.2) is 50.5 Å². The van der Waals surface area contributed by atoms with Gasteiger partial charge in [0.1, 0.15) is 12.6 Å². The first-order valence-electron chi connectivity index (χ1n) is 11.3. The van der Waals surface area contributed by atoms with Crippen LogP contribution in [0.5, 0.6) is 0 Å². The molecule has 0 spiro atoms. The van der Waals surface area contributed by atoms with Crippen molar-refractivity contribution in [1.82, 2.24) is 10.2 Å². The molecule has 0 aliphatic rings. The highest BCUT2D eigenvalue weighted by Crippen LogP contribution is 2.26. The minimum absolute atomic E-state index is 0.189. The molecule has 0 aromatic heterocycles. The molecule has 1 N–H and O–H groups in total. The second kappa shape index (κ2) is 12.2. The average molecular weight is 508 g/mol. The lowest BCUT2D eigenvalue weighted by Crippen LogP contribution is -2.52. The molecule has 0 fully saturated rings. The molecule has 1 atom stereocenters. The Morgan fingerprint density at radius 3 is 2.24 bits per heavy atom. The van der Waals surface area contributed by atoms with Gasteiger partial charge in [0.05, 0.1) is 11.9 Å². The van der Waals surface area contributed by atoms with E-state index in [-0.39, 0.29) is 12.5 Å². The number of nitrogens with zero attached hydrogens (tertiary/aromatic N) is 2. The van der Waals surface area contributed by atoms with Crippen LogP contribution < -0.4 is 9.62 Å². The third kappa shape index (κ3) is 7.46. The number of sulfonamides is 1. The molecule has 0 unspecified atom stereocenters. The number of carbonyl (C=O) groups is 2. The minimum Gasteiger partial charge on any atom is -0.354 e. The quantitative estimate of drug-likeness (QED) is 0.497. The Morgan fingerprint density at radius 2 is 1.71 bits per heavy atom. The molecule has 0 heterocycles. The maximum Gasteiger partial charge on any atom is 0.244 e. The molecular formula is C25H34ClN3O4S. The molecule has 2 rings (SSSR count). The van der Waals surface area contributed by atoms with E-state index in [1.54, 1.807) is 25.1 Å². The zero-order valence-electron chi connectivity index (χ0n) is 20.5. The number of halogens is 1. The van der Waals surface area contributed by atoms with Gasteiger partial charge in [0.15, 0.2) is 0 Å². The second-order valence-corrected chi connectivity index (χ2v) is 10.8. The van der Waals surface area contributed by atoms with E-state index in [2.05, 4.69) is 5.32 Å². The summed E-state index contributed by atoms with van der Waals surface area (Å²) in [6.07, 6.45) is 2.22. The fourth-order valence-corrected chi connectivity index (χ4v) is 4.80. The van der Waals surface area contributed by atoms with E-state index in [1.165, 1.54) is 4.90 Å². The van der Waals surface area contributed by atoms with Crippen molar-refractivity contribution in [2.24, 2.45) is 0 Å². The van der Waals surface area contributed by atoms with E-state index in [9.17, 15) is 18.0 Å². The Bertz CT molecular complexity index is 1100. The lowest BCUT2D eigenvalue weighted by atomic mass is 10.1. The van der Waals surface area contributed by atoms with Crippen LogP contribution in [0.3, 0.4) is 0 Å². The van der Waals surface area contributed by atoms with Crippen LogP contribution in [0.25, 0.3) is 0 Å². The van der Waals surface area contributed by atoms with Gasteiger partial charge in [-0.3, -0.25) is 13.9 Å². The number of benzene rings is 2. The summed E-state index contributed by atoms with van der Waals surface area (Å²) >= 11 is 6.04. The largest absolute Gasteiger partial charge is 0.354 e. The Balaban J connectivity index is 2.44. The molecule has 0 saturated heterocycles. The summed E-state index contributed by atoms with van der Waals surface area (Å²) < 4.78 is 26.4. The monoisotopic (exact) mass is 507 g/mol. The molecule has 0 aliphatic heterocycles. The molecule has 0 radical (unpaired) electrons. The fourth-order valence-electron chi connectivity index (χ4n) is 3.67. The summed E-state index contributed by atoms with van der Waals surface area (Å²) in [5.74, 6) is -0.711. The molecular weight excluding hydrogens is 474 g/mol. The Hall–Kier alpha value is -2.58. The normalized spacial score (nSPS) is 12.2. The topological polar surface area (TPSA) is 86.8 Å². The number of nitrogens with one attached hydrogen (secondary N) is 1. The van der Waals surface area contributed by atoms with E-state index in [0.717, 1.165) is 28.1 Å². The third-order valence-electron chi connectivity index (χ3n) is 5.52. The summed E-state index contributed by atoms with van der Waals surface area (Å²) in [4.78, 5) is 28.0. The molecule has 2 aromatic carbocycles. The van der Waals surface area contributed by atoms with E-state index < -0.39 is 28.5 Å². The Morgan fingerprint density at radius 1 is 1.06 bits per heavy atom. The predicted molar refractivity (Wildman–Crippen MR) is 137 cm³/mol. The van der Waals surface area contributed by atoms with Gasteiger partial charge in [0.25, 0.3) is 0 Å². The molecule has 186 valence electrons. The van der Waals surface area contributed by atoms with E-state index in [0.29, 0.717) is 29.2 Å². The van der Waals surface area contributed by atoms with Gasteiger partial charge in [-0.25, -0.2) is 8.42 Å². The van der Waals surface area contributed by atoms with Crippen LogP contribution >= 0.6 is 11.6 Å². The van der Waals surface area contributed by atoms with Gasteiger partial charge in [0.2, 0.25) is 21.8 Å². The number of carbonyl (C=O) groups excluding carboxylic acids is 2. The minimum atomic E-state index is -3.79. The predicted octanol–water partition coefficient (Wildman–Crippen LogP) is 4.06. The third-order valence-corrected chi connectivity index (χ3v) is 6.88. The van der Waals surface area contributed by atoms with Gasteiger partial charge < -0.3 is 10.2 Å². The lowest BCUT2D eigenvalue weighted by molar-refractivity contribution is -0.140. The van der Waals surface area contributed by atoms with Gasteiger partial charge in [-0.05, 0) is 56.0 Å². The number of hydrogen-bond donors (Lipinski definition) is 1. The van der Waals surface area contributed by atoms with Gasteiger partial charge in [-0.2, -0.15) is 0 Å². The number of rotatable bonds is 11. The first-order valence-corrected chi connectivity index (χ1v) is 13.6. The van der Waals surface area contributed by atoms with Gasteiger partial charge in [-0.1, -0.05) is 55.3 Å². The van der Waals surface area contributed by atoms with E-state index in [4.69, 9.17) is 11.6 Å². The van der Waals surface area contributed by atoms with Crippen molar-refractivity contribution < 1.29 is 18.0 Å². The SMILES string of the molecule is CCCNC(=O)[C@H](CC)N(Cc1ccc(C)cc1)C(=O)CN(c1ccc(Cl)cc1C)S(C)(=O)=O. The maximum absolute atomic E-state index is 13.6. The molecule has 7 nitrogen and oxygen atoms in total. The first-order chi connectivity index (χ1) is 16.0. The molecule has 9 heteroatoms. The highest BCUT2D eigenvalue weighted by atomic mass is 35.5. The smallest absolute Gasteiger partial charge is 0.244 e. The van der Waals surface area contributed by atoms with Crippen molar-refractivity contribution in [2.75, 3.05) is 23.7 Å². The van der Waals surface area contributed by atoms with Crippen LogP contribution in [0, 0.1) is 13.8 Å². The lowest BCUT2D eigenvalue weighted by Gasteiger charge is -2.33. The average Bonchev–Trinajstić information content (AvgIpc) is 2.76. The van der Waals surface area contributed by atoms with E-state index >= 15 is 0 Å². The molecule has 2 aromatic rings. The van der Waals surface area contributed by atoms with Crippen LogP contribution in [0.2, 0.25) is 5.02 Å². The number of aryl methyl sites for hydroxylation is 2. The zero-order valence-corrected chi connectivity index (χ0v) is 22.0. The van der Waals surface area contributed by atoms with Crippen molar-refractivity contribution in [3.63, 3.8) is 0 Å².